The summed E-state index contributed by atoms with van der Waals surface area (Å²) in [7, 11) is 1.98. The van der Waals surface area contributed by atoms with Crippen molar-refractivity contribution < 1.29 is 27.4 Å². The van der Waals surface area contributed by atoms with Crippen molar-refractivity contribution in [1.82, 2.24) is 0 Å². The molecule has 7 nitrogen and oxygen atoms in total. The van der Waals surface area contributed by atoms with Gasteiger partial charge < -0.3 is 18.9 Å². The zero-order valence-corrected chi connectivity index (χ0v) is 14.6. The maximum atomic E-state index is 12.6. The minimum absolute atomic E-state index is 0.0324. The van der Waals surface area contributed by atoms with E-state index < -0.39 is 10.0 Å². The third-order valence-electron chi connectivity index (χ3n) is 3.31. The summed E-state index contributed by atoms with van der Waals surface area (Å²) in [4.78, 5) is 0.0324. The maximum Gasteiger partial charge on any atom is 0.262 e. The molecule has 0 saturated heterocycles. The predicted molar refractivity (Wildman–Crippen MR) is 89.9 cm³/mol. The molecule has 130 valence electrons. The van der Waals surface area contributed by atoms with Crippen LogP contribution in [0.4, 0.5) is 5.69 Å². The molecule has 0 saturated carbocycles. The molecular weight excluding hydrogens is 334 g/mol. The Bertz CT molecular complexity index is 819. The van der Waals surface area contributed by atoms with Crippen LogP contribution in [-0.4, -0.2) is 36.9 Å². The number of rotatable bonds is 7. The Morgan fingerprint density at radius 3 is 2.04 bits per heavy atom. The van der Waals surface area contributed by atoms with Gasteiger partial charge in [0, 0.05) is 6.07 Å². The molecule has 1 N–H and O–H groups in total. The fourth-order valence-electron chi connectivity index (χ4n) is 2.15. The molecule has 0 fully saturated rings. The summed E-state index contributed by atoms with van der Waals surface area (Å²) < 4.78 is 48.4. The van der Waals surface area contributed by atoms with Crippen molar-refractivity contribution in [3.05, 3.63) is 36.4 Å². The average molecular weight is 353 g/mol. The molecule has 0 radical (unpaired) electrons. The Balaban J connectivity index is 2.43. The SMILES string of the molecule is COc1ccc(S(=O)(=O)Nc2cccc(OC)c2OC)cc1OC. The van der Waals surface area contributed by atoms with Gasteiger partial charge >= 0.3 is 0 Å². The first kappa shape index (κ1) is 17.7. The van der Waals surface area contributed by atoms with Crippen LogP contribution in [0.3, 0.4) is 0 Å². The molecule has 0 bridgehead atoms. The highest BCUT2D eigenvalue weighted by Crippen LogP contribution is 2.36. The van der Waals surface area contributed by atoms with Gasteiger partial charge in [-0.25, -0.2) is 8.42 Å². The number of anilines is 1. The first-order chi connectivity index (χ1) is 11.5. The molecule has 0 heterocycles. The van der Waals surface area contributed by atoms with Crippen molar-refractivity contribution in [3.63, 3.8) is 0 Å². The van der Waals surface area contributed by atoms with Gasteiger partial charge in [-0.3, -0.25) is 4.72 Å². The third-order valence-corrected chi connectivity index (χ3v) is 4.68. The lowest BCUT2D eigenvalue weighted by atomic mass is 10.3. The fourth-order valence-corrected chi connectivity index (χ4v) is 3.23. The molecule has 0 aromatic heterocycles. The molecule has 2 rings (SSSR count). The number of hydrogen-bond acceptors (Lipinski definition) is 6. The summed E-state index contributed by atoms with van der Waals surface area (Å²) in [6.45, 7) is 0. The summed E-state index contributed by atoms with van der Waals surface area (Å²) >= 11 is 0. The second-order valence-electron chi connectivity index (χ2n) is 4.66. The number of sulfonamides is 1. The monoisotopic (exact) mass is 353 g/mol. The van der Waals surface area contributed by atoms with Gasteiger partial charge in [-0.15, -0.1) is 0 Å². The van der Waals surface area contributed by atoms with Crippen molar-refractivity contribution in [1.29, 1.82) is 0 Å². The lowest BCUT2D eigenvalue weighted by molar-refractivity contribution is 0.354. The molecule has 0 aliphatic heterocycles. The van der Waals surface area contributed by atoms with Crippen molar-refractivity contribution in [2.45, 2.75) is 4.90 Å². The van der Waals surface area contributed by atoms with E-state index in [9.17, 15) is 8.42 Å². The Morgan fingerprint density at radius 2 is 1.46 bits per heavy atom. The first-order valence-corrected chi connectivity index (χ1v) is 8.41. The quantitative estimate of drug-likeness (QED) is 0.823. The lowest BCUT2D eigenvalue weighted by Gasteiger charge is -2.15. The normalized spacial score (nSPS) is 10.8. The van der Waals surface area contributed by atoms with Crippen LogP contribution < -0.4 is 23.7 Å². The lowest BCUT2D eigenvalue weighted by Crippen LogP contribution is -2.14. The van der Waals surface area contributed by atoms with Gasteiger partial charge in [-0.05, 0) is 24.3 Å². The summed E-state index contributed by atoms with van der Waals surface area (Å²) in [5, 5.41) is 0. The Kier molecular flexibility index (Phi) is 5.40. The van der Waals surface area contributed by atoms with E-state index in [-0.39, 0.29) is 10.6 Å². The van der Waals surface area contributed by atoms with Crippen LogP contribution in [0.5, 0.6) is 23.0 Å². The van der Waals surface area contributed by atoms with Gasteiger partial charge in [0.15, 0.2) is 23.0 Å². The second kappa shape index (κ2) is 7.31. The van der Waals surface area contributed by atoms with Crippen LogP contribution in [0.15, 0.2) is 41.3 Å². The molecule has 0 aliphatic carbocycles. The smallest absolute Gasteiger partial charge is 0.262 e. The number of para-hydroxylation sites is 1. The zero-order valence-electron chi connectivity index (χ0n) is 13.8. The summed E-state index contributed by atoms with van der Waals surface area (Å²) in [6.07, 6.45) is 0. The van der Waals surface area contributed by atoms with Gasteiger partial charge in [-0.1, -0.05) is 6.07 Å². The standard InChI is InChI=1S/C16H19NO6S/c1-20-13-9-8-11(10-15(13)22-3)24(18,19)17-12-6-5-7-14(21-2)16(12)23-4/h5-10,17H,1-4H3. The fraction of sp³-hybridized carbons (Fsp3) is 0.250. The Hall–Kier alpha value is -2.61. The van der Waals surface area contributed by atoms with Crippen molar-refractivity contribution in [2.24, 2.45) is 0 Å². The molecule has 2 aromatic rings. The van der Waals surface area contributed by atoms with Gasteiger partial charge in [0.2, 0.25) is 0 Å². The minimum atomic E-state index is -3.85. The average Bonchev–Trinajstić information content (AvgIpc) is 2.60. The van der Waals surface area contributed by atoms with Crippen LogP contribution in [0, 0.1) is 0 Å². The van der Waals surface area contributed by atoms with Crippen molar-refractivity contribution in [2.75, 3.05) is 33.2 Å². The Morgan fingerprint density at radius 1 is 0.792 bits per heavy atom. The van der Waals surface area contributed by atoms with E-state index in [0.29, 0.717) is 23.0 Å². The van der Waals surface area contributed by atoms with Crippen LogP contribution in [0.1, 0.15) is 0 Å². The molecular formula is C16H19NO6S. The number of nitrogens with one attached hydrogen (secondary N) is 1. The first-order valence-electron chi connectivity index (χ1n) is 6.92. The summed E-state index contributed by atoms with van der Waals surface area (Å²) in [6, 6.07) is 9.25. The van der Waals surface area contributed by atoms with Gasteiger partial charge in [0.1, 0.15) is 0 Å². The predicted octanol–water partition coefficient (Wildman–Crippen LogP) is 2.52. The molecule has 0 aliphatic rings. The molecule has 0 unspecified atom stereocenters. The topological polar surface area (TPSA) is 83.1 Å². The molecule has 0 atom stereocenters. The van der Waals surface area contributed by atoms with Crippen LogP contribution in [0.25, 0.3) is 0 Å². The number of benzene rings is 2. The van der Waals surface area contributed by atoms with E-state index in [4.69, 9.17) is 18.9 Å². The van der Waals surface area contributed by atoms with Crippen molar-refractivity contribution >= 4 is 15.7 Å². The Labute approximate surface area is 141 Å². The van der Waals surface area contributed by atoms with Crippen LogP contribution in [-0.2, 0) is 10.0 Å². The number of hydrogen-bond donors (Lipinski definition) is 1. The maximum absolute atomic E-state index is 12.6. The van der Waals surface area contributed by atoms with Gasteiger partial charge in [-0.2, -0.15) is 0 Å². The summed E-state index contributed by atoms with van der Waals surface area (Å²) in [5.74, 6) is 1.47. The molecule has 2 aromatic carbocycles. The van der Waals surface area contributed by atoms with E-state index in [1.807, 2.05) is 0 Å². The third kappa shape index (κ3) is 3.48. The molecule has 24 heavy (non-hydrogen) atoms. The van der Waals surface area contributed by atoms with Crippen molar-refractivity contribution in [3.8, 4) is 23.0 Å². The van der Waals surface area contributed by atoms with Gasteiger partial charge in [0.05, 0.1) is 39.0 Å². The number of ether oxygens (including phenoxy) is 4. The highest BCUT2D eigenvalue weighted by atomic mass is 32.2. The minimum Gasteiger partial charge on any atom is -0.493 e. The second-order valence-corrected chi connectivity index (χ2v) is 6.35. The largest absolute Gasteiger partial charge is 0.493 e. The number of methoxy groups -OCH3 is 4. The van der Waals surface area contributed by atoms with Gasteiger partial charge in [0.25, 0.3) is 10.0 Å². The van der Waals surface area contributed by atoms with Crippen LogP contribution >= 0.6 is 0 Å². The van der Waals surface area contributed by atoms with Crippen LogP contribution in [0.2, 0.25) is 0 Å². The van der Waals surface area contributed by atoms with E-state index in [1.54, 1.807) is 18.2 Å². The molecule has 0 amide bonds. The highest BCUT2D eigenvalue weighted by Gasteiger charge is 2.20. The van der Waals surface area contributed by atoms with E-state index in [0.717, 1.165) is 0 Å². The van der Waals surface area contributed by atoms with E-state index in [1.165, 1.54) is 46.6 Å². The summed E-state index contributed by atoms with van der Waals surface area (Å²) in [5.41, 5.74) is 0.270. The molecule has 0 spiro atoms. The van der Waals surface area contributed by atoms with E-state index >= 15 is 0 Å². The highest BCUT2D eigenvalue weighted by molar-refractivity contribution is 7.92. The molecule has 8 heteroatoms. The zero-order chi connectivity index (χ0) is 17.7. The van der Waals surface area contributed by atoms with E-state index in [2.05, 4.69) is 4.72 Å².